The first kappa shape index (κ1) is 17.3. The van der Waals surface area contributed by atoms with Crippen molar-refractivity contribution >= 4 is 28.9 Å². The summed E-state index contributed by atoms with van der Waals surface area (Å²) in [5.41, 5.74) is 1.76. The largest absolute Gasteiger partial charge is 0.437 e. The van der Waals surface area contributed by atoms with Crippen molar-refractivity contribution in [2.75, 3.05) is 4.90 Å². The molecule has 5 heteroatoms. The summed E-state index contributed by atoms with van der Waals surface area (Å²) in [4.78, 5) is 28.8. The van der Waals surface area contributed by atoms with Gasteiger partial charge in [-0.1, -0.05) is 37.3 Å². The zero-order valence-corrected chi connectivity index (χ0v) is 15.9. The van der Waals surface area contributed by atoms with E-state index in [9.17, 15) is 9.59 Å². The molecule has 2 aliphatic rings. The van der Waals surface area contributed by atoms with Crippen molar-refractivity contribution < 1.29 is 14.3 Å². The van der Waals surface area contributed by atoms with E-state index in [1.807, 2.05) is 36.4 Å². The van der Waals surface area contributed by atoms with Crippen LogP contribution in [-0.2, 0) is 9.53 Å². The topological polar surface area (TPSA) is 46.6 Å². The molecular formula is C21H23NO3S. The SMILES string of the molecule is CC1OC(=O)c2sc(-c3ccccc3)cc2N1C(=O)[C@H]1CC[C@H](C)CC1. The molecule has 2 heterocycles. The minimum absolute atomic E-state index is 0.0263. The molecular weight excluding hydrogens is 346 g/mol. The Balaban J connectivity index is 1.69. The number of carbonyl (C=O) groups excluding carboxylic acids is 2. The standard InChI is InChI=1S/C21H23NO3S/c1-13-8-10-16(11-9-13)20(23)22-14(2)25-21(24)19-17(22)12-18(26-19)15-6-4-3-5-7-15/h3-7,12-14,16H,8-11H2,1-2H3/t13-,14?,16-. The van der Waals surface area contributed by atoms with Crippen molar-refractivity contribution in [2.24, 2.45) is 11.8 Å². The lowest BCUT2D eigenvalue weighted by molar-refractivity contribution is -0.125. The Hall–Kier alpha value is -2.14. The molecule has 1 saturated carbocycles. The first-order chi connectivity index (χ1) is 12.5. The van der Waals surface area contributed by atoms with E-state index >= 15 is 0 Å². The van der Waals surface area contributed by atoms with Crippen LogP contribution in [0.1, 0.15) is 49.2 Å². The molecule has 1 atom stereocenters. The summed E-state index contributed by atoms with van der Waals surface area (Å²) in [6.07, 6.45) is 3.46. The van der Waals surface area contributed by atoms with Gasteiger partial charge in [0.2, 0.25) is 5.91 Å². The molecule has 0 spiro atoms. The van der Waals surface area contributed by atoms with Gasteiger partial charge in [-0.05, 0) is 50.2 Å². The molecule has 1 aliphatic carbocycles. The van der Waals surface area contributed by atoms with Crippen LogP contribution in [-0.4, -0.2) is 18.1 Å². The summed E-state index contributed by atoms with van der Waals surface area (Å²) < 4.78 is 5.48. The number of hydrogen-bond donors (Lipinski definition) is 0. The summed E-state index contributed by atoms with van der Waals surface area (Å²) in [6, 6.07) is 11.9. The maximum atomic E-state index is 13.2. The van der Waals surface area contributed by atoms with Gasteiger partial charge < -0.3 is 4.74 Å². The minimum Gasteiger partial charge on any atom is -0.437 e. The van der Waals surface area contributed by atoms with Crippen LogP contribution in [0, 0.1) is 11.8 Å². The Morgan fingerprint density at radius 1 is 1.12 bits per heavy atom. The van der Waals surface area contributed by atoms with Crippen LogP contribution in [0.2, 0.25) is 0 Å². The van der Waals surface area contributed by atoms with Crippen molar-refractivity contribution in [1.29, 1.82) is 0 Å². The van der Waals surface area contributed by atoms with Gasteiger partial charge in [0.05, 0.1) is 5.69 Å². The van der Waals surface area contributed by atoms with Crippen LogP contribution in [0.15, 0.2) is 36.4 Å². The number of benzene rings is 1. The van der Waals surface area contributed by atoms with Gasteiger partial charge >= 0.3 is 5.97 Å². The first-order valence-electron chi connectivity index (χ1n) is 9.28. The van der Waals surface area contributed by atoms with Crippen molar-refractivity contribution in [2.45, 2.75) is 45.8 Å². The maximum Gasteiger partial charge on any atom is 0.352 e. The number of amides is 1. The number of ether oxygens (including phenoxy) is 1. The highest BCUT2D eigenvalue weighted by Crippen LogP contribution is 2.42. The Kier molecular flexibility index (Phi) is 4.57. The lowest BCUT2D eigenvalue weighted by atomic mass is 9.82. The fraction of sp³-hybridized carbons (Fsp3) is 0.429. The van der Waals surface area contributed by atoms with Crippen molar-refractivity contribution in [1.82, 2.24) is 0 Å². The van der Waals surface area contributed by atoms with Gasteiger partial charge in [0.25, 0.3) is 0 Å². The number of rotatable bonds is 2. The Morgan fingerprint density at radius 3 is 2.50 bits per heavy atom. The van der Waals surface area contributed by atoms with Gasteiger partial charge in [-0.3, -0.25) is 9.69 Å². The lowest BCUT2D eigenvalue weighted by Crippen LogP contribution is -2.48. The predicted molar refractivity (Wildman–Crippen MR) is 103 cm³/mol. The van der Waals surface area contributed by atoms with Gasteiger partial charge in [-0.2, -0.15) is 0 Å². The number of carbonyl (C=O) groups is 2. The maximum absolute atomic E-state index is 13.2. The molecule has 1 amide bonds. The first-order valence-corrected chi connectivity index (χ1v) is 10.1. The molecule has 4 rings (SSSR count). The van der Waals surface area contributed by atoms with Gasteiger partial charge in [-0.25, -0.2) is 4.79 Å². The summed E-state index contributed by atoms with van der Waals surface area (Å²) in [6.45, 7) is 4.03. The quantitative estimate of drug-likeness (QED) is 0.693. The van der Waals surface area contributed by atoms with E-state index in [-0.39, 0.29) is 17.8 Å². The molecule has 4 nitrogen and oxygen atoms in total. The van der Waals surface area contributed by atoms with E-state index in [1.165, 1.54) is 11.3 Å². The molecule has 0 radical (unpaired) electrons. The zero-order valence-electron chi connectivity index (χ0n) is 15.1. The summed E-state index contributed by atoms with van der Waals surface area (Å²) >= 11 is 1.40. The molecule has 0 N–H and O–H groups in total. The number of hydrogen-bond acceptors (Lipinski definition) is 4. The fourth-order valence-corrected chi connectivity index (χ4v) is 4.95. The highest BCUT2D eigenvalue weighted by atomic mass is 32.1. The zero-order chi connectivity index (χ0) is 18.3. The smallest absolute Gasteiger partial charge is 0.352 e. The van der Waals surface area contributed by atoms with Crippen molar-refractivity contribution in [3.63, 3.8) is 0 Å². The van der Waals surface area contributed by atoms with E-state index < -0.39 is 6.23 Å². The molecule has 26 heavy (non-hydrogen) atoms. The number of cyclic esters (lactones) is 1. The van der Waals surface area contributed by atoms with Crippen LogP contribution in [0.5, 0.6) is 0 Å². The van der Waals surface area contributed by atoms with E-state index in [0.717, 1.165) is 36.1 Å². The average Bonchev–Trinajstić information content (AvgIpc) is 3.08. The average molecular weight is 369 g/mol. The number of thiophene rings is 1. The van der Waals surface area contributed by atoms with Gasteiger partial charge in [0, 0.05) is 10.8 Å². The third-order valence-electron chi connectivity index (χ3n) is 5.46. The van der Waals surface area contributed by atoms with Gasteiger partial charge in [0.1, 0.15) is 4.88 Å². The molecule has 1 unspecified atom stereocenters. The van der Waals surface area contributed by atoms with Crippen LogP contribution in [0.3, 0.4) is 0 Å². The fourth-order valence-electron chi connectivity index (χ4n) is 3.91. The molecule has 1 aromatic heterocycles. The number of esters is 1. The third kappa shape index (κ3) is 3.05. The highest BCUT2D eigenvalue weighted by Gasteiger charge is 2.39. The Bertz CT molecular complexity index is 821. The lowest BCUT2D eigenvalue weighted by Gasteiger charge is -2.36. The van der Waals surface area contributed by atoms with Crippen molar-refractivity contribution in [3.05, 3.63) is 41.3 Å². The Morgan fingerprint density at radius 2 is 1.81 bits per heavy atom. The predicted octanol–water partition coefficient (Wildman–Crippen LogP) is 5.09. The third-order valence-corrected chi connectivity index (χ3v) is 6.61. The second kappa shape index (κ2) is 6.88. The Labute approximate surface area is 157 Å². The van der Waals surface area contributed by atoms with Crippen LogP contribution in [0.4, 0.5) is 5.69 Å². The minimum atomic E-state index is -0.555. The number of anilines is 1. The molecule has 2 aromatic rings. The number of fused-ring (bicyclic) bond motifs is 1. The van der Waals surface area contributed by atoms with Crippen LogP contribution in [0.25, 0.3) is 10.4 Å². The normalized spacial score (nSPS) is 25.5. The molecule has 136 valence electrons. The second-order valence-corrected chi connectivity index (χ2v) is 8.41. The second-order valence-electron chi connectivity index (χ2n) is 7.36. The highest BCUT2D eigenvalue weighted by molar-refractivity contribution is 7.18. The van der Waals surface area contributed by atoms with E-state index in [0.29, 0.717) is 16.5 Å². The molecule has 1 aliphatic heterocycles. The molecule has 0 saturated heterocycles. The van der Waals surface area contributed by atoms with E-state index in [4.69, 9.17) is 4.74 Å². The van der Waals surface area contributed by atoms with E-state index in [2.05, 4.69) is 6.92 Å². The molecule has 1 fully saturated rings. The van der Waals surface area contributed by atoms with Crippen LogP contribution >= 0.6 is 11.3 Å². The molecule has 1 aromatic carbocycles. The van der Waals surface area contributed by atoms with Gasteiger partial charge in [0.15, 0.2) is 6.23 Å². The van der Waals surface area contributed by atoms with Gasteiger partial charge in [-0.15, -0.1) is 11.3 Å². The number of nitrogens with zero attached hydrogens (tertiary/aromatic N) is 1. The summed E-state index contributed by atoms with van der Waals surface area (Å²) in [5, 5.41) is 0. The molecule has 0 bridgehead atoms. The summed E-state index contributed by atoms with van der Waals surface area (Å²) in [7, 11) is 0. The summed E-state index contributed by atoms with van der Waals surface area (Å²) in [5.74, 6) is 0.479. The van der Waals surface area contributed by atoms with Crippen LogP contribution < -0.4 is 4.90 Å². The monoisotopic (exact) mass is 369 g/mol. The van der Waals surface area contributed by atoms with E-state index in [1.54, 1.807) is 11.8 Å². The van der Waals surface area contributed by atoms with Crippen molar-refractivity contribution in [3.8, 4) is 10.4 Å².